The first-order valence-corrected chi connectivity index (χ1v) is 5.21. The highest BCUT2D eigenvalue weighted by Crippen LogP contribution is 2.37. The van der Waals surface area contributed by atoms with Gasteiger partial charge in [0.2, 0.25) is 0 Å². The van der Waals surface area contributed by atoms with Gasteiger partial charge in [0.05, 0.1) is 6.04 Å². The number of fused-ring (bicyclic) bond motifs is 1. The zero-order valence-corrected chi connectivity index (χ0v) is 8.15. The third-order valence-electron chi connectivity index (χ3n) is 3.15. The van der Waals surface area contributed by atoms with Crippen LogP contribution in [0.1, 0.15) is 32.1 Å². The number of dihydropyridines is 1. The van der Waals surface area contributed by atoms with Gasteiger partial charge in [0, 0.05) is 18.6 Å². The molecule has 0 aromatic rings. The predicted molar refractivity (Wildman–Crippen MR) is 54.6 cm³/mol. The number of allylic oxidation sites excluding steroid dienone is 1. The van der Waals surface area contributed by atoms with Gasteiger partial charge in [-0.2, -0.15) is 0 Å². The lowest BCUT2D eigenvalue weighted by Crippen LogP contribution is -2.18. The summed E-state index contributed by atoms with van der Waals surface area (Å²) in [4.78, 5) is 14.9. The zero-order chi connectivity index (χ0) is 9.97. The Bertz CT molecular complexity index is 294. The second kappa shape index (κ2) is 3.95. The van der Waals surface area contributed by atoms with Crippen LogP contribution in [-0.2, 0) is 4.79 Å². The highest BCUT2D eigenvalue weighted by atomic mass is 16.4. The minimum atomic E-state index is -0.706. The summed E-state index contributed by atoms with van der Waals surface area (Å²) in [5.74, 6) is -0.165. The van der Waals surface area contributed by atoms with Crippen molar-refractivity contribution in [3.8, 4) is 0 Å². The first-order chi connectivity index (χ1) is 6.77. The predicted octanol–water partition coefficient (Wildman–Crippen LogP) is 2.03. The quantitative estimate of drug-likeness (QED) is 0.745. The molecule has 0 spiro atoms. The largest absolute Gasteiger partial charge is 0.481 e. The van der Waals surface area contributed by atoms with Crippen LogP contribution in [0.15, 0.2) is 16.6 Å². The molecule has 1 N–H and O–H groups in total. The van der Waals surface area contributed by atoms with E-state index in [0.717, 1.165) is 0 Å². The van der Waals surface area contributed by atoms with Crippen LogP contribution < -0.4 is 0 Å². The summed E-state index contributed by atoms with van der Waals surface area (Å²) in [5, 5.41) is 8.62. The number of aliphatic imine (C=N–C) groups is 1. The molecule has 1 aliphatic carbocycles. The molecule has 0 aromatic carbocycles. The number of aliphatic carboxylic acids is 1. The molecule has 2 rings (SSSR count). The molecule has 0 aromatic heterocycles. The molecule has 0 amide bonds. The average molecular weight is 193 g/mol. The second-order valence-electron chi connectivity index (χ2n) is 4.04. The van der Waals surface area contributed by atoms with Gasteiger partial charge in [-0.1, -0.05) is 12.0 Å². The lowest BCUT2D eigenvalue weighted by Gasteiger charge is -2.22. The fraction of sp³-hybridized carbons (Fsp3) is 0.636. The lowest BCUT2D eigenvalue weighted by atomic mass is 9.89. The first kappa shape index (κ1) is 9.44. The fourth-order valence-electron chi connectivity index (χ4n) is 2.44. The van der Waals surface area contributed by atoms with Crippen molar-refractivity contribution >= 4 is 12.2 Å². The van der Waals surface area contributed by atoms with Gasteiger partial charge in [-0.15, -0.1) is 0 Å². The smallest absolute Gasteiger partial charge is 0.303 e. The first-order valence-electron chi connectivity index (χ1n) is 5.21. The van der Waals surface area contributed by atoms with Crippen molar-refractivity contribution in [2.45, 2.75) is 38.1 Å². The Kier molecular flexibility index (Phi) is 2.66. The minimum Gasteiger partial charge on any atom is -0.481 e. The third-order valence-corrected chi connectivity index (χ3v) is 3.15. The molecule has 0 bridgehead atoms. The van der Waals surface area contributed by atoms with Gasteiger partial charge in [-0.05, 0) is 25.3 Å². The van der Waals surface area contributed by atoms with Crippen LogP contribution >= 0.6 is 0 Å². The molecule has 76 valence electrons. The Morgan fingerprint density at radius 3 is 3.21 bits per heavy atom. The van der Waals surface area contributed by atoms with Crippen LogP contribution in [0, 0.1) is 5.92 Å². The summed E-state index contributed by atoms with van der Waals surface area (Å²) in [6.45, 7) is 0. The molecule has 14 heavy (non-hydrogen) atoms. The van der Waals surface area contributed by atoms with E-state index in [0.29, 0.717) is 18.4 Å². The van der Waals surface area contributed by atoms with Gasteiger partial charge in [-0.3, -0.25) is 9.79 Å². The van der Waals surface area contributed by atoms with Crippen LogP contribution in [0.2, 0.25) is 0 Å². The van der Waals surface area contributed by atoms with Crippen LogP contribution in [0.25, 0.3) is 0 Å². The number of nitrogens with zero attached hydrogens (tertiary/aromatic N) is 1. The molecule has 1 heterocycles. The standard InChI is InChI=1S/C11H15NO2/c13-11(14)5-4-8-6-7-12-10-3-1-2-9(8)10/h6-7,9-10H,1-5H2,(H,13,14)/t9?,10-/m0/s1. The van der Waals surface area contributed by atoms with Crippen molar-refractivity contribution in [3.63, 3.8) is 0 Å². The summed E-state index contributed by atoms with van der Waals surface area (Å²) in [6, 6.07) is 0.448. The van der Waals surface area contributed by atoms with Gasteiger partial charge in [-0.25, -0.2) is 0 Å². The van der Waals surface area contributed by atoms with Crippen LogP contribution in [-0.4, -0.2) is 23.3 Å². The molecule has 2 atom stereocenters. The summed E-state index contributed by atoms with van der Waals surface area (Å²) >= 11 is 0. The molecular weight excluding hydrogens is 178 g/mol. The topological polar surface area (TPSA) is 49.7 Å². The third kappa shape index (κ3) is 1.86. The zero-order valence-electron chi connectivity index (χ0n) is 8.15. The molecule has 3 heteroatoms. The maximum atomic E-state index is 10.5. The van der Waals surface area contributed by atoms with E-state index in [4.69, 9.17) is 5.11 Å². The van der Waals surface area contributed by atoms with Gasteiger partial charge < -0.3 is 5.11 Å². The number of rotatable bonds is 3. The molecule has 1 fully saturated rings. The lowest BCUT2D eigenvalue weighted by molar-refractivity contribution is -0.136. The molecule has 0 saturated heterocycles. The van der Waals surface area contributed by atoms with E-state index in [1.54, 1.807) is 0 Å². The van der Waals surface area contributed by atoms with Crippen molar-refractivity contribution in [3.05, 3.63) is 11.6 Å². The molecule has 2 aliphatic rings. The van der Waals surface area contributed by atoms with Crippen molar-refractivity contribution in [2.24, 2.45) is 10.9 Å². The number of carboxylic acids is 1. The van der Waals surface area contributed by atoms with Crippen LogP contribution in [0.4, 0.5) is 0 Å². The molecule has 3 nitrogen and oxygen atoms in total. The van der Waals surface area contributed by atoms with Crippen molar-refractivity contribution in [2.75, 3.05) is 0 Å². The Balaban J connectivity index is 1.99. The van der Waals surface area contributed by atoms with E-state index in [-0.39, 0.29) is 6.42 Å². The molecule has 1 aliphatic heterocycles. The van der Waals surface area contributed by atoms with E-state index >= 15 is 0 Å². The summed E-state index contributed by atoms with van der Waals surface area (Å²) in [6.07, 6.45) is 8.40. The van der Waals surface area contributed by atoms with E-state index in [1.807, 2.05) is 12.3 Å². The number of carbonyl (C=O) groups is 1. The maximum Gasteiger partial charge on any atom is 0.303 e. The van der Waals surface area contributed by atoms with Gasteiger partial charge in [0.1, 0.15) is 0 Å². The normalized spacial score (nSPS) is 29.9. The van der Waals surface area contributed by atoms with E-state index in [9.17, 15) is 4.79 Å². The van der Waals surface area contributed by atoms with Gasteiger partial charge in [0.25, 0.3) is 0 Å². The molecule has 1 saturated carbocycles. The van der Waals surface area contributed by atoms with Crippen molar-refractivity contribution < 1.29 is 9.90 Å². The SMILES string of the molecule is O=C(O)CCC1=CC=N[C@H]2CCCC12. The van der Waals surface area contributed by atoms with E-state index in [1.165, 1.54) is 24.8 Å². The molecular formula is C11H15NO2. The van der Waals surface area contributed by atoms with Gasteiger partial charge in [0.15, 0.2) is 0 Å². The van der Waals surface area contributed by atoms with Crippen molar-refractivity contribution in [1.29, 1.82) is 0 Å². The maximum absolute atomic E-state index is 10.5. The summed E-state index contributed by atoms with van der Waals surface area (Å²) in [7, 11) is 0. The number of carboxylic acid groups (broad SMARTS) is 1. The highest BCUT2D eigenvalue weighted by Gasteiger charge is 2.30. The van der Waals surface area contributed by atoms with Crippen LogP contribution in [0.5, 0.6) is 0 Å². The summed E-state index contributed by atoms with van der Waals surface area (Å²) < 4.78 is 0. The monoisotopic (exact) mass is 193 g/mol. The average Bonchev–Trinajstić information content (AvgIpc) is 2.62. The fourth-order valence-corrected chi connectivity index (χ4v) is 2.44. The van der Waals surface area contributed by atoms with E-state index < -0.39 is 5.97 Å². The van der Waals surface area contributed by atoms with Crippen LogP contribution in [0.3, 0.4) is 0 Å². The Hall–Kier alpha value is -1.12. The summed E-state index contributed by atoms with van der Waals surface area (Å²) in [5.41, 5.74) is 1.30. The molecule has 1 unspecified atom stereocenters. The Labute approximate surface area is 83.5 Å². The number of hydrogen-bond acceptors (Lipinski definition) is 2. The van der Waals surface area contributed by atoms with Crippen molar-refractivity contribution in [1.82, 2.24) is 0 Å². The Morgan fingerprint density at radius 1 is 1.57 bits per heavy atom. The Morgan fingerprint density at radius 2 is 2.43 bits per heavy atom. The minimum absolute atomic E-state index is 0.253. The number of hydrogen-bond donors (Lipinski definition) is 1. The highest BCUT2D eigenvalue weighted by molar-refractivity contribution is 5.74. The molecule has 0 radical (unpaired) electrons. The second-order valence-corrected chi connectivity index (χ2v) is 4.04. The van der Waals surface area contributed by atoms with Gasteiger partial charge >= 0.3 is 5.97 Å². The van der Waals surface area contributed by atoms with E-state index in [2.05, 4.69) is 4.99 Å².